The maximum absolute atomic E-state index is 5.46. The Hall–Kier alpha value is 0.290. The third-order valence-corrected chi connectivity index (χ3v) is 5.47. The fraction of sp³-hybridized carbons (Fsp3) is 0.571. The summed E-state index contributed by atoms with van der Waals surface area (Å²) >= 11 is 9.15. The summed E-state index contributed by atoms with van der Waals surface area (Å²) in [5.74, 6) is 4.40. The van der Waals surface area contributed by atoms with E-state index in [0.717, 1.165) is 33.7 Å². The van der Waals surface area contributed by atoms with E-state index in [1.54, 1.807) is 7.11 Å². The summed E-state index contributed by atoms with van der Waals surface area (Å²) in [6, 6.07) is 4.13. The van der Waals surface area contributed by atoms with Gasteiger partial charge in [0, 0.05) is 16.6 Å². The number of hydrogen-bond acceptors (Lipinski definition) is 3. The van der Waals surface area contributed by atoms with Crippen molar-refractivity contribution >= 4 is 43.6 Å². The number of hydrogen-bond donors (Lipinski definition) is 1. The topological polar surface area (TPSA) is 21.3 Å². The summed E-state index contributed by atoms with van der Waals surface area (Å²) in [7, 11) is 1.72. The van der Waals surface area contributed by atoms with Crippen LogP contribution in [0.3, 0.4) is 0 Å². The molecule has 1 aliphatic heterocycles. The van der Waals surface area contributed by atoms with Crippen molar-refractivity contribution in [2.45, 2.75) is 19.4 Å². The van der Waals surface area contributed by atoms with Gasteiger partial charge in [0.1, 0.15) is 5.75 Å². The van der Waals surface area contributed by atoms with Crippen molar-refractivity contribution in [3.8, 4) is 5.75 Å². The monoisotopic (exact) mass is 407 g/mol. The average Bonchev–Trinajstić information content (AvgIpc) is 2.39. The Bertz CT molecular complexity index is 422. The van der Waals surface area contributed by atoms with Crippen molar-refractivity contribution < 1.29 is 4.74 Å². The minimum Gasteiger partial charge on any atom is -0.495 e. The van der Waals surface area contributed by atoms with E-state index in [2.05, 4.69) is 55.0 Å². The normalized spacial score (nSPS) is 16.6. The number of ether oxygens (including phenoxy) is 1. The van der Waals surface area contributed by atoms with Gasteiger partial charge in [-0.2, -0.15) is 11.8 Å². The molecular weight excluding hydrogens is 390 g/mol. The Kier molecular flexibility index (Phi) is 6.53. The lowest BCUT2D eigenvalue weighted by Gasteiger charge is -2.22. The molecule has 1 aromatic carbocycles. The lowest BCUT2D eigenvalue weighted by molar-refractivity contribution is 0.400. The first-order valence-corrected chi connectivity index (χ1v) is 9.25. The van der Waals surface area contributed by atoms with Gasteiger partial charge in [0.15, 0.2) is 0 Å². The SMILES string of the molecule is COc1c(Br)cc(Br)cc1CNCC1CCSCC1. The molecule has 0 aromatic heterocycles. The first-order valence-electron chi connectivity index (χ1n) is 6.51. The first kappa shape index (κ1) is 15.7. The molecule has 0 amide bonds. The highest BCUT2D eigenvalue weighted by molar-refractivity contribution is 9.11. The van der Waals surface area contributed by atoms with Gasteiger partial charge in [-0.1, -0.05) is 15.9 Å². The Morgan fingerprint density at radius 3 is 2.74 bits per heavy atom. The van der Waals surface area contributed by atoms with E-state index in [1.807, 2.05) is 6.07 Å². The number of thioether (sulfide) groups is 1. The highest BCUT2D eigenvalue weighted by Crippen LogP contribution is 2.32. The zero-order valence-electron chi connectivity index (χ0n) is 11.0. The van der Waals surface area contributed by atoms with Crippen LogP contribution in [-0.2, 0) is 6.54 Å². The zero-order chi connectivity index (χ0) is 13.7. The molecule has 0 atom stereocenters. The molecule has 0 aliphatic carbocycles. The smallest absolute Gasteiger partial charge is 0.137 e. The maximum atomic E-state index is 5.46. The van der Waals surface area contributed by atoms with Crippen LogP contribution < -0.4 is 10.1 Å². The number of nitrogens with one attached hydrogen (secondary N) is 1. The van der Waals surface area contributed by atoms with Gasteiger partial charge in [0.05, 0.1) is 11.6 Å². The minimum atomic E-state index is 0.836. The fourth-order valence-electron chi connectivity index (χ4n) is 2.34. The molecular formula is C14H19Br2NOS. The molecule has 1 N–H and O–H groups in total. The molecule has 1 fully saturated rings. The highest BCUT2D eigenvalue weighted by atomic mass is 79.9. The van der Waals surface area contributed by atoms with Gasteiger partial charge >= 0.3 is 0 Å². The van der Waals surface area contributed by atoms with Gasteiger partial charge in [-0.3, -0.25) is 0 Å². The largest absolute Gasteiger partial charge is 0.495 e. The van der Waals surface area contributed by atoms with Crippen LogP contribution in [0.25, 0.3) is 0 Å². The van der Waals surface area contributed by atoms with Crippen LogP contribution in [0, 0.1) is 5.92 Å². The first-order chi connectivity index (χ1) is 9.20. The van der Waals surface area contributed by atoms with E-state index in [0.29, 0.717) is 0 Å². The van der Waals surface area contributed by atoms with Crippen molar-refractivity contribution in [3.05, 3.63) is 26.6 Å². The van der Waals surface area contributed by atoms with Crippen LogP contribution in [0.1, 0.15) is 18.4 Å². The second-order valence-electron chi connectivity index (χ2n) is 4.77. The van der Waals surface area contributed by atoms with Gasteiger partial charge in [-0.25, -0.2) is 0 Å². The predicted octanol–water partition coefficient (Wildman–Crippen LogP) is 4.45. The molecule has 0 radical (unpaired) electrons. The van der Waals surface area contributed by atoms with Gasteiger partial charge in [0.2, 0.25) is 0 Å². The van der Waals surface area contributed by atoms with Crippen molar-refractivity contribution in [2.24, 2.45) is 5.92 Å². The lowest BCUT2D eigenvalue weighted by Crippen LogP contribution is -2.25. The van der Waals surface area contributed by atoms with E-state index >= 15 is 0 Å². The molecule has 19 heavy (non-hydrogen) atoms. The molecule has 1 heterocycles. The van der Waals surface area contributed by atoms with Crippen molar-refractivity contribution in [3.63, 3.8) is 0 Å². The second-order valence-corrected chi connectivity index (χ2v) is 7.76. The molecule has 2 nitrogen and oxygen atoms in total. The number of benzene rings is 1. The second kappa shape index (κ2) is 7.91. The lowest BCUT2D eigenvalue weighted by atomic mass is 10.0. The summed E-state index contributed by atoms with van der Waals surface area (Å²) in [6.45, 7) is 1.96. The molecule has 1 saturated heterocycles. The molecule has 0 saturated carbocycles. The molecule has 1 aliphatic rings. The Balaban J connectivity index is 1.91. The highest BCUT2D eigenvalue weighted by Gasteiger charge is 2.14. The van der Waals surface area contributed by atoms with E-state index in [9.17, 15) is 0 Å². The van der Waals surface area contributed by atoms with Gasteiger partial charge < -0.3 is 10.1 Å². The van der Waals surface area contributed by atoms with Crippen molar-refractivity contribution in [1.82, 2.24) is 5.32 Å². The van der Waals surface area contributed by atoms with Gasteiger partial charge in [-0.15, -0.1) is 0 Å². The van der Waals surface area contributed by atoms with Gasteiger partial charge in [0.25, 0.3) is 0 Å². The van der Waals surface area contributed by atoms with Crippen LogP contribution in [0.4, 0.5) is 0 Å². The maximum Gasteiger partial charge on any atom is 0.137 e. The van der Waals surface area contributed by atoms with E-state index in [4.69, 9.17) is 4.74 Å². The fourth-order valence-corrected chi connectivity index (χ4v) is 5.01. The van der Waals surface area contributed by atoms with Crippen molar-refractivity contribution in [1.29, 1.82) is 0 Å². The quantitative estimate of drug-likeness (QED) is 0.777. The number of halogens is 2. The van der Waals surface area contributed by atoms with Crippen LogP contribution in [0.5, 0.6) is 5.75 Å². The molecule has 0 unspecified atom stereocenters. The third-order valence-electron chi connectivity index (χ3n) is 3.38. The zero-order valence-corrected chi connectivity index (χ0v) is 15.0. The standard InChI is InChI=1S/C14H19Br2NOS/c1-18-14-11(6-12(15)7-13(14)16)9-17-8-10-2-4-19-5-3-10/h6-7,10,17H,2-5,8-9H2,1H3. The molecule has 5 heteroatoms. The molecule has 0 spiro atoms. The summed E-state index contributed by atoms with van der Waals surface area (Å²) in [6.07, 6.45) is 2.69. The Morgan fingerprint density at radius 1 is 1.32 bits per heavy atom. The number of methoxy groups -OCH3 is 1. The Labute approximate surface area is 136 Å². The molecule has 2 rings (SSSR count). The molecule has 106 valence electrons. The number of rotatable bonds is 5. The summed E-state index contributed by atoms with van der Waals surface area (Å²) in [5.41, 5.74) is 1.19. The average molecular weight is 409 g/mol. The summed E-state index contributed by atoms with van der Waals surface area (Å²) in [5, 5.41) is 3.57. The molecule has 1 aromatic rings. The van der Waals surface area contributed by atoms with Crippen LogP contribution in [0.15, 0.2) is 21.1 Å². The van der Waals surface area contributed by atoms with Crippen molar-refractivity contribution in [2.75, 3.05) is 25.2 Å². The van der Waals surface area contributed by atoms with E-state index in [-0.39, 0.29) is 0 Å². The summed E-state index contributed by atoms with van der Waals surface area (Å²) < 4.78 is 7.53. The van der Waals surface area contributed by atoms with E-state index in [1.165, 1.54) is 29.9 Å². The van der Waals surface area contributed by atoms with Crippen LogP contribution >= 0.6 is 43.6 Å². The third kappa shape index (κ3) is 4.66. The van der Waals surface area contributed by atoms with Crippen LogP contribution in [0.2, 0.25) is 0 Å². The molecule has 0 bridgehead atoms. The summed E-state index contributed by atoms with van der Waals surface area (Å²) in [4.78, 5) is 0. The van der Waals surface area contributed by atoms with Crippen LogP contribution in [-0.4, -0.2) is 25.2 Å². The van der Waals surface area contributed by atoms with E-state index < -0.39 is 0 Å². The van der Waals surface area contributed by atoms with Gasteiger partial charge in [-0.05, 0) is 64.9 Å². The minimum absolute atomic E-state index is 0.836. The predicted molar refractivity (Wildman–Crippen MR) is 90.1 cm³/mol. The Morgan fingerprint density at radius 2 is 2.05 bits per heavy atom.